The fourth-order valence-electron chi connectivity index (χ4n) is 2.66. The third-order valence-electron chi connectivity index (χ3n) is 4.07. The van der Waals surface area contributed by atoms with Gasteiger partial charge in [-0.25, -0.2) is 0 Å². The van der Waals surface area contributed by atoms with E-state index >= 15 is 0 Å². The molecule has 2 atom stereocenters. The van der Waals surface area contributed by atoms with Gasteiger partial charge in [0.1, 0.15) is 19.3 Å². The van der Waals surface area contributed by atoms with E-state index in [0.29, 0.717) is 37.0 Å². The van der Waals surface area contributed by atoms with Gasteiger partial charge < -0.3 is 24.3 Å². The Morgan fingerprint density at radius 3 is 2.75 bits per heavy atom. The standard InChI is InChI=1S/C17H22BrNO5/c1-11(24-10-12-4-2-3-5-21-12)17(20)19-14-9-16-15(8-13(14)18)22-6-7-23-16/h8-9,11-12H,2-7,10H2,1H3,(H,19,20)/t11-,12+/m0/s1. The van der Waals surface area contributed by atoms with Crippen molar-refractivity contribution >= 4 is 27.5 Å². The number of benzene rings is 1. The molecule has 1 aromatic rings. The summed E-state index contributed by atoms with van der Waals surface area (Å²) in [4.78, 5) is 12.3. The summed E-state index contributed by atoms with van der Waals surface area (Å²) in [5, 5.41) is 2.86. The molecule has 0 aliphatic carbocycles. The zero-order chi connectivity index (χ0) is 16.9. The third-order valence-corrected chi connectivity index (χ3v) is 4.72. The lowest BCUT2D eigenvalue weighted by atomic mass is 10.1. The van der Waals surface area contributed by atoms with Gasteiger partial charge in [0.15, 0.2) is 11.5 Å². The predicted molar refractivity (Wildman–Crippen MR) is 92.8 cm³/mol. The minimum Gasteiger partial charge on any atom is -0.486 e. The Kier molecular flexibility index (Phi) is 5.97. The number of hydrogen-bond acceptors (Lipinski definition) is 5. The maximum atomic E-state index is 12.3. The van der Waals surface area contributed by atoms with Crippen molar-refractivity contribution in [3.63, 3.8) is 0 Å². The quantitative estimate of drug-likeness (QED) is 0.823. The maximum absolute atomic E-state index is 12.3. The van der Waals surface area contributed by atoms with Crippen LogP contribution in [0.4, 0.5) is 5.69 Å². The summed E-state index contributed by atoms with van der Waals surface area (Å²) < 4.78 is 23.1. The highest BCUT2D eigenvalue weighted by molar-refractivity contribution is 9.10. The highest BCUT2D eigenvalue weighted by Gasteiger charge is 2.21. The molecule has 0 spiro atoms. The molecule has 2 aliphatic rings. The minimum atomic E-state index is -0.560. The van der Waals surface area contributed by atoms with E-state index in [9.17, 15) is 4.79 Å². The van der Waals surface area contributed by atoms with Gasteiger partial charge in [0, 0.05) is 23.2 Å². The van der Waals surface area contributed by atoms with Gasteiger partial charge in [0.25, 0.3) is 5.91 Å². The van der Waals surface area contributed by atoms with Crippen LogP contribution in [0.3, 0.4) is 0 Å². The Morgan fingerprint density at radius 2 is 2.04 bits per heavy atom. The van der Waals surface area contributed by atoms with Crippen LogP contribution >= 0.6 is 15.9 Å². The lowest BCUT2D eigenvalue weighted by Gasteiger charge is -2.24. The van der Waals surface area contributed by atoms with Crippen LogP contribution in [0.5, 0.6) is 11.5 Å². The van der Waals surface area contributed by atoms with Crippen molar-refractivity contribution in [1.82, 2.24) is 0 Å². The lowest BCUT2D eigenvalue weighted by Crippen LogP contribution is -2.32. The maximum Gasteiger partial charge on any atom is 0.253 e. The van der Waals surface area contributed by atoms with E-state index in [-0.39, 0.29) is 12.0 Å². The largest absolute Gasteiger partial charge is 0.486 e. The number of rotatable bonds is 5. The molecule has 1 fully saturated rings. The van der Waals surface area contributed by atoms with Crippen LogP contribution in [0.2, 0.25) is 0 Å². The van der Waals surface area contributed by atoms with E-state index in [1.54, 1.807) is 19.1 Å². The summed E-state index contributed by atoms with van der Waals surface area (Å²) in [6.45, 7) is 3.99. The Labute approximate surface area is 149 Å². The molecule has 2 heterocycles. The van der Waals surface area contributed by atoms with Gasteiger partial charge in [-0.15, -0.1) is 0 Å². The van der Waals surface area contributed by atoms with Gasteiger partial charge >= 0.3 is 0 Å². The van der Waals surface area contributed by atoms with E-state index in [1.807, 2.05) is 0 Å². The van der Waals surface area contributed by atoms with Gasteiger partial charge in [0.2, 0.25) is 0 Å². The molecule has 0 saturated carbocycles. The van der Waals surface area contributed by atoms with E-state index in [1.165, 1.54) is 0 Å². The number of nitrogens with one attached hydrogen (secondary N) is 1. The van der Waals surface area contributed by atoms with Crippen LogP contribution in [0.15, 0.2) is 16.6 Å². The first-order valence-corrected chi connectivity index (χ1v) is 9.06. The number of amides is 1. The van der Waals surface area contributed by atoms with Crippen molar-refractivity contribution in [2.24, 2.45) is 0 Å². The van der Waals surface area contributed by atoms with Gasteiger partial charge in [-0.3, -0.25) is 4.79 Å². The molecule has 0 aromatic heterocycles. The van der Waals surface area contributed by atoms with Crippen LogP contribution in [-0.2, 0) is 14.3 Å². The molecule has 2 aliphatic heterocycles. The Balaban J connectivity index is 1.55. The predicted octanol–water partition coefficient (Wildman–Crippen LogP) is 3.13. The summed E-state index contributed by atoms with van der Waals surface area (Å²) in [6, 6.07) is 3.55. The summed E-state index contributed by atoms with van der Waals surface area (Å²) in [6.07, 6.45) is 2.77. The van der Waals surface area contributed by atoms with Crippen molar-refractivity contribution in [2.75, 3.05) is 31.7 Å². The molecule has 6 nitrogen and oxygen atoms in total. The molecule has 1 amide bonds. The highest BCUT2D eigenvalue weighted by atomic mass is 79.9. The number of hydrogen-bond donors (Lipinski definition) is 1. The second-order valence-corrected chi connectivity index (χ2v) is 6.78. The molecular formula is C17H22BrNO5. The number of carbonyl (C=O) groups is 1. The van der Waals surface area contributed by atoms with Crippen LogP contribution in [0.1, 0.15) is 26.2 Å². The topological polar surface area (TPSA) is 66.0 Å². The monoisotopic (exact) mass is 399 g/mol. The molecule has 24 heavy (non-hydrogen) atoms. The zero-order valence-electron chi connectivity index (χ0n) is 13.7. The molecule has 7 heteroatoms. The first-order chi connectivity index (χ1) is 11.6. The minimum absolute atomic E-state index is 0.0926. The van der Waals surface area contributed by atoms with Crippen molar-refractivity contribution in [2.45, 2.75) is 38.4 Å². The average molecular weight is 400 g/mol. The van der Waals surface area contributed by atoms with Crippen LogP contribution in [-0.4, -0.2) is 44.5 Å². The number of anilines is 1. The van der Waals surface area contributed by atoms with E-state index in [2.05, 4.69) is 21.2 Å². The molecule has 0 radical (unpaired) electrons. The second-order valence-electron chi connectivity index (χ2n) is 5.93. The zero-order valence-corrected chi connectivity index (χ0v) is 15.3. The summed E-state index contributed by atoms with van der Waals surface area (Å²) in [5.74, 6) is 1.09. The third kappa shape index (κ3) is 4.40. The van der Waals surface area contributed by atoms with Gasteiger partial charge in [-0.05, 0) is 42.1 Å². The van der Waals surface area contributed by atoms with Crippen molar-refractivity contribution in [1.29, 1.82) is 0 Å². The SMILES string of the molecule is C[C@H](OC[C@H]1CCCCO1)C(=O)Nc1cc2c(cc1Br)OCCO2. The Morgan fingerprint density at radius 1 is 1.29 bits per heavy atom. The fraction of sp³-hybridized carbons (Fsp3) is 0.588. The van der Waals surface area contributed by atoms with Crippen LogP contribution in [0.25, 0.3) is 0 Å². The number of carbonyl (C=O) groups excluding carboxylic acids is 1. The van der Waals surface area contributed by atoms with E-state index in [4.69, 9.17) is 18.9 Å². The number of ether oxygens (including phenoxy) is 4. The highest BCUT2D eigenvalue weighted by Crippen LogP contribution is 2.38. The van der Waals surface area contributed by atoms with Crippen molar-refractivity contribution < 1.29 is 23.7 Å². The average Bonchev–Trinajstić information content (AvgIpc) is 2.61. The fourth-order valence-corrected chi connectivity index (χ4v) is 3.08. The molecule has 0 unspecified atom stereocenters. The molecule has 132 valence electrons. The van der Waals surface area contributed by atoms with E-state index < -0.39 is 6.10 Å². The molecule has 0 bridgehead atoms. The summed E-state index contributed by atoms with van der Waals surface area (Å²) in [7, 11) is 0. The summed E-state index contributed by atoms with van der Waals surface area (Å²) in [5.41, 5.74) is 0.633. The molecular weight excluding hydrogens is 378 g/mol. The van der Waals surface area contributed by atoms with Crippen molar-refractivity contribution in [3.05, 3.63) is 16.6 Å². The first-order valence-electron chi connectivity index (χ1n) is 8.26. The normalized spacial score (nSPS) is 21.2. The number of halogens is 1. The van der Waals surface area contributed by atoms with Gasteiger partial charge in [-0.1, -0.05) is 0 Å². The molecule has 1 saturated heterocycles. The molecule has 1 N–H and O–H groups in total. The lowest BCUT2D eigenvalue weighted by molar-refractivity contribution is -0.130. The number of fused-ring (bicyclic) bond motifs is 1. The summed E-state index contributed by atoms with van der Waals surface area (Å²) >= 11 is 3.44. The first kappa shape index (κ1) is 17.5. The van der Waals surface area contributed by atoms with Crippen LogP contribution in [0, 0.1) is 0 Å². The van der Waals surface area contributed by atoms with E-state index in [0.717, 1.165) is 30.3 Å². The Bertz CT molecular complexity index is 589. The van der Waals surface area contributed by atoms with Crippen molar-refractivity contribution in [3.8, 4) is 11.5 Å². The Hall–Kier alpha value is -1.31. The van der Waals surface area contributed by atoms with Gasteiger partial charge in [0.05, 0.1) is 18.4 Å². The smallest absolute Gasteiger partial charge is 0.253 e. The van der Waals surface area contributed by atoms with Gasteiger partial charge in [-0.2, -0.15) is 0 Å². The van der Waals surface area contributed by atoms with Crippen LogP contribution < -0.4 is 14.8 Å². The molecule has 1 aromatic carbocycles. The second kappa shape index (κ2) is 8.18. The molecule has 3 rings (SSSR count).